The Hall–Kier alpha value is -2.61. The molecule has 1 aromatic rings. The summed E-state index contributed by atoms with van der Waals surface area (Å²) in [5, 5.41) is 11.5. The highest BCUT2D eigenvalue weighted by atomic mass is 16.2. The van der Waals surface area contributed by atoms with E-state index in [0.29, 0.717) is 17.8 Å². The molecule has 0 atom stereocenters. The van der Waals surface area contributed by atoms with Crippen molar-refractivity contribution in [2.75, 3.05) is 18.4 Å². The SMILES string of the molecule is C=CCN(CC(=O)Nc1ccccc1C#N)C(C)=O. The van der Waals surface area contributed by atoms with Crippen LogP contribution in [-0.2, 0) is 9.59 Å². The van der Waals surface area contributed by atoms with E-state index in [2.05, 4.69) is 11.9 Å². The first-order chi connectivity index (χ1) is 9.08. The summed E-state index contributed by atoms with van der Waals surface area (Å²) in [6.45, 7) is 5.16. The van der Waals surface area contributed by atoms with Crippen molar-refractivity contribution < 1.29 is 9.59 Å². The first kappa shape index (κ1) is 14.5. The zero-order chi connectivity index (χ0) is 14.3. The van der Waals surface area contributed by atoms with Crippen LogP contribution in [0.3, 0.4) is 0 Å². The third-order valence-electron chi connectivity index (χ3n) is 2.45. The monoisotopic (exact) mass is 257 g/mol. The van der Waals surface area contributed by atoms with Gasteiger partial charge in [-0.25, -0.2) is 0 Å². The van der Waals surface area contributed by atoms with Gasteiger partial charge in [0.25, 0.3) is 0 Å². The van der Waals surface area contributed by atoms with Crippen LogP contribution in [0.15, 0.2) is 36.9 Å². The number of benzene rings is 1. The maximum Gasteiger partial charge on any atom is 0.244 e. The molecule has 0 aliphatic carbocycles. The van der Waals surface area contributed by atoms with Gasteiger partial charge in [-0.1, -0.05) is 18.2 Å². The van der Waals surface area contributed by atoms with Crippen LogP contribution in [0.4, 0.5) is 5.69 Å². The third-order valence-corrected chi connectivity index (χ3v) is 2.45. The Balaban J connectivity index is 2.72. The molecule has 1 N–H and O–H groups in total. The number of carbonyl (C=O) groups is 2. The van der Waals surface area contributed by atoms with E-state index < -0.39 is 0 Å². The molecule has 0 saturated heterocycles. The van der Waals surface area contributed by atoms with Crippen LogP contribution in [0.1, 0.15) is 12.5 Å². The minimum absolute atomic E-state index is 0.0683. The highest BCUT2D eigenvalue weighted by Gasteiger charge is 2.13. The molecule has 0 radical (unpaired) electrons. The van der Waals surface area contributed by atoms with Crippen LogP contribution in [0, 0.1) is 11.3 Å². The van der Waals surface area contributed by atoms with Crippen molar-refractivity contribution in [3.63, 3.8) is 0 Å². The van der Waals surface area contributed by atoms with Gasteiger partial charge in [0.05, 0.1) is 11.3 Å². The van der Waals surface area contributed by atoms with Gasteiger partial charge >= 0.3 is 0 Å². The Bertz CT molecular complexity index is 532. The molecular formula is C14H15N3O2. The summed E-state index contributed by atoms with van der Waals surface area (Å²) < 4.78 is 0. The lowest BCUT2D eigenvalue weighted by Gasteiger charge is -2.18. The summed E-state index contributed by atoms with van der Waals surface area (Å²) in [7, 11) is 0. The maximum absolute atomic E-state index is 11.8. The second kappa shape index (κ2) is 6.97. The van der Waals surface area contributed by atoms with Gasteiger partial charge in [0.15, 0.2) is 0 Å². The van der Waals surface area contributed by atoms with Crippen LogP contribution in [0.25, 0.3) is 0 Å². The number of anilines is 1. The number of carbonyl (C=O) groups excluding carboxylic acids is 2. The molecule has 0 spiro atoms. The van der Waals surface area contributed by atoms with E-state index in [4.69, 9.17) is 5.26 Å². The van der Waals surface area contributed by atoms with Gasteiger partial charge in [0.1, 0.15) is 12.6 Å². The molecule has 1 rings (SSSR count). The molecule has 19 heavy (non-hydrogen) atoms. The average molecular weight is 257 g/mol. The van der Waals surface area contributed by atoms with Crippen molar-refractivity contribution in [1.29, 1.82) is 5.26 Å². The van der Waals surface area contributed by atoms with Crippen molar-refractivity contribution in [1.82, 2.24) is 4.90 Å². The van der Waals surface area contributed by atoms with E-state index in [1.165, 1.54) is 11.8 Å². The minimum Gasteiger partial charge on any atom is -0.330 e. The van der Waals surface area contributed by atoms with E-state index in [9.17, 15) is 9.59 Å². The summed E-state index contributed by atoms with van der Waals surface area (Å²) in [6.07, 6.45) is 1.55. The number of nitriles is 1. The summed E-state index contributed by atoms with van der Waals surface area (Å²) in [6, 6.07) is 8.69. The summed E-state index contributed by atoms with van der Waals surface area (Å²) in [4.78, 5) is 24.5. The van der Waals surface area contributed by atoms with Crippen LogP contribution < -0.4 is 5.32 Å². The highest BCUT2D eigenvalue weighted by Crippen LogP contribution is 2.13. The lowest BCUT2D eigenvalue weighted by molar-refractivity contribution is -0.132. The van der Waals surface area contributed by atoms with Crippen molar-refractivity contribution in [2.24, 2.45) is 0 Å². The summed E-state index contributed by atoms with van der Waals surface area (Å²) in [5.41, 5.74) is 0.825. The van der Waals surface area contributed by atoms with Crippen molar-refractivity contribution in [3.05, 3.63) is 42.5 Å². The molecule has 1 aromatic carbocycles. The Morgan fingerprint density at radius 1 is 1.47 bits per heavy atom. The Labute approximate surface area is 112 Å². The van der Waals surface area contributed by atoms with E-state index in [0.717, 1.165) is 0 Å². The van der Waals surface area contributed by atoms with Crippen LogP contribution in [0.2, 0.25) is 0 Å². The Morgan fingerprint density at radius 2 is 2.16 bits per heavy atom. The van der Waals surface area contributed by atoms with Gasteiger partial charge < -0.3 is 10.2 Å². The molecule has 0 aliphatic rings. The summed E-state index contributed by atoms with van der Waals surface area (Å²) >= 11 is 0. The fourth-order valence-electron chi connectivity index (χ4n) is 1.51. The molecule has 0 saturated carbocycles. The number of hydrogen-bond donors (Lipinski definition) is 1. The normalized spacial score (nSPS) is 9.26. The molecule has 0 bridgehead atoms. The first-order valence-electron chi connectivity index (χ1n) is 5.74. The van der Waals surface area contributed by atoms with Crippen molar-refractivity contribution in [2.45, 2.75) is 6.92 Å². The van der Waals surface area contributed by atoms with Gasteiger partial charge in [-0.3, -0.25) is 9.59 Å². The number of rotatable bonds is 5. The molecule has 0 aromatic heterocycles. The zero-order valence-electron chi connectivity index (χ0n) is 10.7. The molecule has 2 amide bonds. The van der Waals surface area contributed by atoms with Crippen LogP contribution in [0.5, 0.6) is 0 Å². The minimum atomic E-state index is -0.347. The third kappa shape index (κ3) is 4.28. The first-order valence-corrected chi connectivity index (χ1v) is 5.74. The fourth-order valence-corrected chi connectivity index (χ4v) is 1.51. The maximum atomic E-state index is 11.8. The molecule has 0 heterocycles. The van der Waals surface area contributed by atoms with Gasteiger partial charge in [0.2, 0.25) is 11.8 Å². The predicted molar refractivity (Wildman–Crippen MR) is 72.2 cm³/mol. The zero-order valence-corrected chi connectivity index (χ0v) is 10.7. The second-order valence-corrected chi connectivity index (χ2v) is 3.89. The molecular weight excluding hydrogens is 242 g/mol. The molecule has 98 valence electrons. The van der Waals surface area contributed by atoms with Crippen molar-refractivity contribution >= 4 is 17.5 Å². The van der Waals surface area contributed by atoms with Crippen LogP contribution >= 0.6 is 0 Å². The molecule has 5 nitrogen and oxygen atoms in total. The number of nitrogens with one attached hydrogen (secondary N) is 1. The molecule has 0 unspecified atom stereocenters. The smallest absolute Gasteiger partial charge is 0.244 e. The number of nitrogens with zero attached hydrogens (tertiary/aromatic N) is 2. The Morgan fingerprint density at radius 3 is 2.74 bits per heavy atom. The average Bonchev–Trinajstić information content (AvgIpc) is 2.38. The lowest BCUT2D eigenvalue weighted by atomic mass is 10.2. The number of para-hydroxylation sites is 1. The van der Waals surface area contributed by atoms with E-state index >= 15 is 0 Å². The number of hydrogen-bond acceptors (Lipinski definition) is 3. The largest absolute Gasteiger partial charge is 0.330 e. The Kier molecular flexibility index (Phi) is 5.30. The lowest BCUT2D eigenvalue weighted by Crippen LogP contribution is -2.36. The standard InChI is InChI=1S/C14H15N3O2/c1-3-8-17(11(2)18)10-14(19)16-13-7-5-4-6-12(13)9-15/h3-7H,1,8,10H2,2H3,(H,16,19). The van der Waals surface area contributed by atoms with E-state index in [-0.39, 0.29) is 18.4 Å². The van der Waals surface area contributed by atoms with Gasteiger partial charge in [-0.15, -0.1) is 6.58 Å². The van der Waals surface area contributed by atoms with Crippen LogP contribution in [-0.4, -0.2) is 29.8 Å². The van der Waals surface area contributed by atoms with E-state index in [1.54, 1.807) is 30.3 Å². The predicted octanol–water partition coefficient (Wildman–Crippen LogP) is 1.53. The quantitative estimate of drug-likeness (QED) is 0.813. The number of amides is 2. The highest BCUT2D eigenvalue weighted by molar-refractivity contribution is 5.95. The second-order valence-electron chi connectivity index (χ2n) is 3.89. The molecule has 0 aliphatic heterocycles. The van der Waals surface area contributed by atoms with Crippen molar-refractivity contribution in [3.8, 4) is 6.07 Å². The van der Waals surface area contributed by atoms with Gasteiger partial charge in [-0.2, -0.15) is 5.26 Å². The summed E-state index contributed by atoms with van der Waals surface area (Å²) in [5.74, 6) is -0.552. The van der Waals surface area contributed by atoms with Gasteiger partial charge in [-0.05, 0) is 12.1 Å². The topological polar surface area (TPSA) is 73.2 Å². The fraction of sp³-hybridized carbons (Fsp3) is 0.214. The van der Waals surface area contributed by atoms with E-state index in [1.807, 2.05) is 6.07 Å². The molecule has 0 fully saturated rings. The molecule has 5 heteroatoms. The van der Waals surface area contributed by atoms with Gasteiger partial charge in [0, 0.05) is 13.5 Å².